The number of anilines is 1. The Bertz CT molecular complexity index is 1550. The summed E-state index contributed by atoms with van der Waals surface area (Å²) >= 11 is 1.22. The molecule has 11 heteroatoms. The molecule has 39 heavy (non-hydrogen) atoms. The molecular formula is C28H26N4O5S2. The largest absolute Gasteiger partial charge is 0.489 e. The second kappa shape index (κ2) is 11.3. The molecule has 0 saturated carbocycles. The molecule has 2 saturated heterocycles. The highest BCUT2D eigenvalue weighted by Gasteiger charge is 2.33. The van der Waals surface area contributed by atoms with E-state index in [9.17, 15) is 18.0 Å². The molecular weight excluding hydrogens is 536 g/mol. The second-order valence-corrected chi connectivity index (χ2v) is 11.6. The van der Waals surface area contributed by atoms with Gasteiger partial charge in [0.05, 0.1) is 16.3 Å². The smallest absolute Gasteiger partial charge is 0.326 e. The minimum Gasteiger partial charge on any atom is -0.489 e. The van der Waals surface area contributed by atoms with Gasteiger partial charge in [0.2, 0.25) is 0 Å². The summed E-state index contributed by atoms with van der Waals surface area (Å²) < 4.78 is 32.8. The first-order valence-corrected chi connectivity index (χ1v) is 14.6. The number of carbonyl (C=O) groups excluding carboxylic acids is 2. The van der Waals surface area contributed by atoms with E-state index in [0.717, 1.165) is 34.0 Å². The van der Waals surface area contributed by atoms with Crippen molar-refractivity contribution in [2.75, 3.05) is 10.8 Å². The fourth-order valence-corrected chi connectivity index (χ4v) is 6.03. The van der Waals surface area contributed by atoms with E-state index in [0.29, 0.717) is 28.1 Å². The Balaban J connectivity index is 1.19. The number of benzene rings is 3. The van der Waals surface area contributed by atoms with Crippen LogP contribution in [0.5, 0.6) is 5.75 Å². The standard InChI is InChI=1S/C28H26N4O5S2/c1-2-3-19-8-14-24(15-9-19)37-18-21-6-4-20(5-7-21)16-25-27(34)30-28(38-25)29-22-10-12-23(13-11-22)32-17-26(33)31-39(32,35)36/h4-16H,2-3,17-18H2,1H3,(H,31,33)(H,29,30,34)/b25-16+. The van der Waals surface area contributed by atoms with Crippen LogP contribution in [0.25, 0.3) is 6.08 Å². The average Bonchev–Trinajstić information content (AvgIpc) is 3.40. The Morgan fingerprint density at radius 2 is 1.67 bits per heavy atom. The zero-order valence-electron chi connectivity index (χ0n) is 21.1. The summed E-state index contributed by atoms with van der Waals surface area (Å²) in [5.74, 6) is -0.00329. The molecule has 0 bridgehead atoms. The minimum absolute atomic E-state index is 0.248. The van der Waals surface area contributed by atoms with E-state index in [-0.39, 0.29) is 12.5 Å². The monoisotopic (exact) mass is 562 g/mol. The maximum atomic E-state index is 12.5. The third-order valence-corrected chi connectivity index (χ3v) is 8.30. The number of nitrogens with zero attached hydrogens (tertiary/aromatic N) is 2. The van der Waals surface area contributed by atoms with Crippen molar-refractivity contribution in [2.24, 2.45) is 4.99 Å². The van der Waals surface area contributed by atoms with Gasteiger partial charge in [-0.2, -0.15) is 8.42 Å². The van der Waals surface area contributed by atoms with E-state index in [2.05, 4.69) is 29.4 Å². The zero-order chi connectivity index (χ0) is 27.4. The van der Waals surface area contributed by atoms with Crippen molar-refractivity contribution in [3.8, 4) is 5.75 Å². The van der Waals surface area contributed by atoms with Gasteiger partial charge in [-0.25, -0.2) is 14.0 Å². The minimum atomic E-state index is -3.87. The number of ether oxygens (including phenoxy) is 1. The van der Waals surface area contributed by atoms with Crippen molar-refractivity contribution in [3.63, 3.8) is 0 Å². The van der Waals surface area contributed by atoms with Crippen molar-refractivity contribution in [1.29, 1.82) is 0 Å². The number of hydrogen-bond donors (Lipinski definition) is 2. The van der Waals surface area contributed by atoms with Crippen LogP contribution in [0.15, 0.2) is 82.7 Å². The summed E-state index contributed by atoms with van der Waals surface area (Å²) in [4.78, 5) is 28.9. The third kappa shape index (κ3) is 6.50. The van der Waals surface area contributed by atoms with Gasteiger partial charge >= 0.3 is 10.2 Å². The molecule has 0 radical (unpaired) electrons. The predicted molar refractivity (Wildman–Crippen MR) is 153 cm³/mol. The van der Waals surface area contributed by atoms with Gasteiger partial charge in [-0.15, -0.1) is 0 Å². The van der Waals surface area contributed by atoms with E-state index in [1.54, 1.807) is 30.3 Å². The highest BCUT2D eigenvalue weighted by Crippen LogP contribution is 2.29. The Morgan fingerprint density at radius 3 is 2.31 bits per heavy atom. The maximum Gasteiger partial charge on any atom is 0.326 e. The SMILES string of the molecule is CCCc1ccc(OCc2ccc(/C=C3/SC(=Nc4ccc(N5CC(=O)NS5(=O)=O)cc4)NC3=O)cc2)cc1. The molecule has 0 aliphatic carbocycles. The maximum absolute atomic E-state index is 12.5. The molecule has 2 aliphatic rings. The first kappa shape index (κ1) is 26.5. The van der Waals surface area contributed by atoms with Gasteiger partial charge in [0.25, 0.3) is 11.8 Å². The molecule has 2 N–H and O–H groups in total. The molecule has 2 aliphatic heterocycles. The second-order valence-electron chi connectivity index (χ2n) is 8.96. The van der Waals surface area contributed by atoms with Gasteiger partial charge in [0, 0.05) is 0 Å². The van der Waals surface area contributed by atoms with Crippen LogP contribution in [0.4, 0.5) is 11.4 Å². The molecule has 9 nitrogen and oxygen atoms in total. The van der Waals surface area contributed by atoms with Gasteiger partial charge in [-0.1, -0.05) is 49.7 Å². The lowest BCUT2D eigenvalue weighted by molar-refractivity contribution is -0.117. The first-order chi connectivity index (χ1) is 18.8. The number of amides is 2. The van der Waals surface area contributed by atoms with Crippen molar-refractivity contribution in [2.45, 2.75) is 26.4 Å². The molecule has 0 aromatic heterocycles. The van der Waals surface area contributed by atoms with Crippen LogP contribution >= 0.6 is 11.8 Å². The number of hydrogen-bond acceptors (Lipinski definition) is 7. The zero-order valence-corrected chi connectivity index (χ0v) is 22.7. The van der Waals surface area contributed by atoms with Crippen molar-refractivity contribution in [3.05, 3.63) is 94.4 Å². The molecule has 3 aromatic rings. The van der Waals surface area contributed by atoms with Crippen LogP contribution in [-0.4, -0.2) is 31.9 Å². The van der Waals surface area contributed by atoms with Gasteiger partial charge in [-0.3, -0.25) is 9.59 Å². The van der Waals surface area contributed by atoms with E-state index in [4.69, 9.17) is 4.74 Å². The van der Waals surface area contributed by atoms with Crippen molar-refractivity contribution < 1.29 is 22.7 Å². The van der Waals surface area contributed by atoms with Gasteiger partial charge in [0.1, 0.15) is 18.9 Å². The Kier molecular flexibility index (Phi) is 7.71. The summed E-state index contributed by atoms with van der Waals surface area (Å²) in [7, 11) is -3.87. The molecule has 3 aromatic carbocycles. The molecule has 2 heterocycles. The van der Waals surface area contributed by atoms with E-state index < -0.39 is 16.1 Å². The number of rotatable bonds is 8. The Morgan fingerprint density at radius 1 is 0.974 bits per heavy atom. The highest BCUT2D eigenvalue weighted by molar-refractivity contribution is 8.18. The molecule has 5 rings (SSSR count). The van der Waals surface area contributed by atoms with E-state index in [1.165, 1.54) is 17.3 Å². The van der Waals surface area contributed by atoms with Crippen molar-refractivity contribution >= 4 is 56.4 Å². The lowest BCUT2D eigenvalue weighted by Gasteiger charge is -2.14. The summed E-state index contributed by atoms with van der Waals surface area (Å²) in [6.45, 7) is 2.34. The predicted octanol–water partition coefficient (Wildman–Crippen LogP) is 4.29. The fraction of sp³-hybridized carbons (Fsp3) is 0.179. The normalized spacial score (nSPS) is 18.4. The molecule has 200 valence electrons. The van der Waals surface area contributed by atoms with Crippen LogP contribution < -0.4 is 19.1 Å². The summed E-state index contributed by atoms with van der Waals surface area (Å²) in [6.07, 6.45) is 3.97. The number of thioether (sulfide) groups is 1. The lowest BCUT2D eigenvalue weighted by Crippen LogP contribution is -2.29. The Labute approximate surface area is 231 Å². The van der Waals surface area contributed by atoms with Crippen LogP contribution in [0.3, 0.4) is 0 Å². The molecule has 2 fully saturated rings. The summed E-state index contributed by atoms with van der Waals surface area (Å²) in [5.41, 5.74) is 4.07. The Hall–Kier alpha value is -4.09. The number of aliphatic imine (C=N–C) groups is 1. The number of amidine groups is 1. The summed E-state index contributed by atoms with van der Waals surface area (Å²) in [6, 6.07) is 22.3. The summed E-state index contributed by atoms with van der Waals surface area (Å²) in [5, 5.41) is 3.16. The topological polar surface area (TPSA) is 117 Å². The van der Waals surface area contributed by atoms with Crippen molar-refractivity contribution in [1.82, 2.24) is 10.0 Å². The molecule has 0 unspecified atom stereocenters. The molecule has 0 spiro atoms. The highest BCUT2D eigenvalue weighted by atomic mass is 32.2. The van der Waals surface area contributed by atoms with Gasteiger partial charge < -0.3 is 10.1 Å². The van der Waals surface area contributed by atoms with Crippen LogP contribution in [-0.2, 0) is 32.8 Å². The fourth-order valence-electron chi connectivity index (χ4n) is 4.04. The van der Waals surface area contributed by atoms with Crippen LogP contribution in [0.1, 0.15) is 30.0 Å². The quantitative estimate of drug-likeness (QED) is 0.396. The number of nitrogens with one attached hydrogen (secondary N) is 2. The third-order valence-electron chi connectivity index (χ3n) is 5.98. The lowest BCUT2D eigenvalue weighted by atomic mass is 10.1. The van der Waals surface area contributed by atoms with E-state index >= 15 is 0 Å². The van der Waals surface area contributed by atoms with Crippen LogP contribution in [0, 0.1) is 0 Å². The average molecular weight is 563 g/mol. The first-order valence-electron chi connectivity index (χ1n) is 12.3. The number of carbonyl (C=O) groups is 2. The van der Waals surface area contributed by atoms with E-state index in [1.807, 2.05) is 41.1 Å². The van der Waals surface area contributed by atoms with Gasteiger partial charge in [0.15, 0.2) is 5.17 Å². The molecule has 2 amide bonds. The van der Waals surface area contributed by atoms with Gasteiger partial charge in [-0.05, 0) is 77.3 Å². The number of aryl methyl sites for hydroxylation is 1. The van der Waals surface area contributed by atoms with Crippen LogP contribution in [0.2, 0.25) is 0 Å². The molecule has 0 atom stereocenters.